The van der Waals surface area contributed by atoms with Crippen LogP contribution in [0.1, 0.15) is 10.4 Å². The smallest absolute Gasteiger partial charge is 0.178 e. The molecule has 2 atom stereocenters. The lowest BCUT2D eigenvalue weighted by atomic mass is 10.0. The van der Waals surface area contributed by atoms with Crippen molar-refractivity contribution in [3.63, 3.8) is 0 Å². The second-order valence-electron chi connectivity index (χ2n) is 4.71. The number of allylic oxidation sites excluding steroid dienone is 1. The van der Waals surface area contributed by atoms with Gasteiger partial charge in [-0.3, -0.25) is 4.79 Å². The van der Waals surface area contributed by atoms with Crippen LogP contribution in [0.25, 0.3) is 0 Å². The summed E-state index contributed by atoms with van der Waals surface area (Å²) in [5.74, 6) is -1.72. The largest absolute Gasteiger partial charge is 0.507 e. The van der Waals surface area contributed by atoms with Gasteiger partial charge in [0.05, 0.1) is 11.6 Å². The van der Waals surface area contributed by atoms with Crippen LogP contribution in [0, 0.1) is 0 Å². The minimum absolute atomic E-state index is 0.299. The van der Waals surface area contributed by atoms with Crippen molar-refractivity contribution in [2.75, 3.05) is 6.54 Å². The Hall–Kier alpha value is -0.620. The SMILES string of the molecule is O=C(CN(Cl)C1(Cl)C(Cl)=C(Cl)C(O)=C(O)C1Cl)c1ccccc1. The summed E-state index contributed by atoms with van der Waals surface area (Å²) in [6, 6.07) is 8.38. The molecule has 0 saturated carbocycles. The van der Waals surface area contributed by atoms with Crippen molar-refractivity contribution >= 4 is 64.0 Å². The Morgan fingerprint density at radius 1 is 1.22 bits per heavy atom. The monoisotopic (exact) mass is 415 g/mol. The summed E-state index contributed by atoms with van der Waals surface area (Å²) in [6.07, 6.45) is 0. The highest BCUT2D eigenvalue weighted by Gasteiger charge is 2.52. The predicted molar refractivity (Wildman–Crippen MR) is 92.6 cm³/mol. The van der Waals surface area contributed by atoms with Crippen LogP contribution in [0.2, 0.25) is 0 Å². The highest BCUT2D eigenvalue weighted by molar-refractivity contribution is 6.49. The molecule has 2 N–H and O–H groups in total. The number of hydrogen-bond acceptors (Lipinski definition) is 4. The van der Waals surface area contributed by atoms with E-state index in [9.17, 15) is 15.0 Å². The number of ketones is 1. The molecule has 1 aliphatic rings. The topological polar surface area (TPSA) is 60.8 Å². The van der Waals surface area contributed by atoms with E-state index < -0.39 is 26.9 Å². The number of carbonyl (C=O) groups excluding carboxylic acids is 1. The van der Waals surface area contributed by atoms with Gasteiger partial charge >= 0.3 is 0 Å². The van der Waals surface area contributed by atoms with E-state index in [1.165, 1.54) is 0 Å². The third-order valence-electron chi connectivity index (χ3n) is 3.26. The number of aliphatic hydroxyl groups excluding tert-OH is 2. The molecule has 0 amide bonds. The number of benzene rings is 1. The number of alkyl halides is 2. The van der Waals surface area contributed by atoms with Gasteiger partial charge in [0.25, 0.3) is 0 Å². The van der Waals surface area contributed by atoms with E-state index in [1.54, 1.807) is 30.3 Å². The molecule has 2 rings (SSSR count). The molecule has 9 heteroatoms. The third-order valence-corrected chi connectivity index (χ3v) is 6.01. The molecule has 0 heterocycles. The molecule has 0 fully saturated rings. The number of aliphatic hydroxyl groups is 2. The number of Topliss-reactive ketones (excluding diaryl/α,β-unsaturated/α-hetero) is 1. The molecule has 0 aliphatic heterocycles. The van der Waals surface area contributed by atoms with Crippen LogP contribution in [0.5, 0.6) is 0 Å². The normalized spacial score (nSPS) is 25.2. The van der Waals surface area contributed by atoms with Gasteiger partial charge < -0.3 is 10.2 Å². The number of carbonyl (C=O) groups is 1. The minimum Gasteiger partial charge on any atom is -0.507 e. The zero-order valence-electron chi connectivity index (χ0n) is 11.3. The van der Waals surface area contributed by atoms with Crippen molar-refractivity contribution in [3.05, 3.63) is 57.5 Å². The summed E-state index contributed by atoms with van der Waals surface area (Å²) < 4.78 is 0.842. The van der Waals surface area contributed by atoms with Crippen molar-refractivity contribution in [1.29, 1.82) is 0 Å². The molecular formula is C14H10Cl5NO3. The predicted octanol–water partition coefficient (Wildman–Crippen LogP) is 4.90. The van der Waals surface area contributed by atoms with Gasteiger partial charge in [-0.05, 0) is 11.8 Å². The van der Waals surface area contributed by atoms with Gasteiger partial charge in [-0.1, -0.05) is 65.1 Å². The molecule has 0 saturated heterocycles. The van der Waals surface area contributed by atoms with Gasteiger partial charge in [0, 0.05) is 5.56 Å². The lowest BCUT2D eigenvalue weighted by molar-refractivity contribution is 0.0951. The van der Waals surface area contributed by atoms with Crippen LogP contribution in [-0.2, 0) is 0 Å². The van der Waals surface area contributed by atoms with Crippen molar-refractivity contribution in [1.82, 2.24) is 4.42 Å². The Balaban J connectivity index is 2.31. The fourth-order valence-corrected chi connectivity index (χ4v) is 3.59. The van der Waals surface area contributed by atoms with Gasteiger partial charge in [0.1, 0.15) is 10.4 Å². The van der Waals surface area contributed by atoms with Gasteiger partial charge in [-0.2, -0.15) is 4.42 Å². The van der Waals surface area contributed by atoms with E-state index in [1.807, 2.05) is 0 Å². The Kier molecular flexibility index (Phi) is 5.77. The molecule has 0 bridgehead atoms. The average molecular weight is 418 g/mol. The summed E-state index contributed by atoms with van der Waals surface area (Å²) >= 11 is 30.4. The summed E-state index contributed by atoms with van der Waals surface area (Å²) in [5.41, 5.74) is 0.411. The van der Waals surface area contributed by atoms with Crippen molar-refractivity contribution < 1.29 is 15.0 Å². The van der Waals surface area contributed by atoms with Crippen LogP contribution in [0.3, 0.4) is 0 Å². The molecule has 0 radical (unpaired) electrons. The van der Waals surface area contributed by atoms with Gasteiger partial charge in [0.2, 0.25) is 0 Å². The third kappa shape index (κ3) is 3.29. The summed E-state index contributed by atoms with van der Waals surface area (Å²) in [6.45, 7) is -0.354. The van der Waals surface area contributed by atoms with Crippen LogP contribution in [-0.4, -0.2) is 37.3 Å². The van der Waals surface area contributed by atoms with Crippen molar-refractivity contribution in [2.24, 2.45) is 0 Å². The first-order chi connectivity index (χ1) is 10.7. The minimum atomic E-state index is -1.90. The Labute approximate surface area is 157 Å². The zero-order chi connectivity index (χ0) is 17.4. The Morgan fingerprint density at radius 2 is 1.78 bits per heavy atom. The molecule has 23 heavy (non-hydrogen) atoms. The highest BCUT2D eigenvalue weighted by Crippen LogP contribution is 2.49. The van der Waals surface area contributed by atoms with E-state index >= 15 is 0 Å². The van der Waals surface area contributed by atoms with Gasteiger partial charge in [-0.25, -0.2) is 0 Å². The van der Waals surface area contributed by atoms with Crippen LogP contribution >= 0.6 is 58.2 Å². The molecule has 1 aromatic carbocycles. The lowest BCUT2D eigenvalue weighted by Crippen LogP contribution is -2.51. The van der Waals surface area contributed by atoms with Gasteiger partial charge in [-0.15, -0.1) is 11.6 Å². The quantitative estimate of drug-likeness (QED) is 0.317. The number of hydrogen-bond donors (Lipinski definition) is 2. The number of rotatable bonds is 4. The second kappa shape index (κ2) is 7.09. The molecule has 4 nitrogen and oxygen atoms in total. The molecular weight excluding hydrogens is 407 g/mol. The first-order valence-corrected chi connectivity index (χ1v) is 8.15. The zero-order valence-corrected chi connectivity index (χ0v) is 15.1. The molecule has 0 spiro atoms. The maximum atomic E-state index is 12.2. The summed E-state index contributed by atoms with van der Waals surface area (Å²) in [5, 5.41) is 17.4. The van der Waals surface area contributed by atoms with Crippen LogP contribution in [0.4, 0.5) is 0 Å². The van der Waals surface area contributed by atoms with Crippen LogP contribution < -0.4 is 0 Å². The van der Waals surface area contributed by atoms with E-state index in [0.29, 0.717) is 5.56 Å². The van der Waals surface area contributed by atoms with Crippen molar-refractivity contribution in [2.45, 2.75) is 10.4 Å². The highest BCUT2D eigenvalue weighted by atomic mass is 35.5. The average Bonchev–Trinajstić information content (AvgIpc) is 2.57. The van der Waals surface area contributed by atoms with E-state index in [4.69, 9.17) is 58.2 Å². The van der Waals surface area contributed by atoms with Gasteiger partial charge in [0.15, 0.2) is 22.3 Å². The van der Waals surface area contributed by atoms with E-state index in [-0.39, 0.29) is 17.4 Å². The van der Waals surface area contributed by atoms with E-state index in [0.717, 1.165) is 4.42 Å². The van der Waals surface area contributed by atoms with Crippen molar-refractivity contribution in [3.8, 4) is 0 Å². The molecule has 124 valence electrons. The maximum Gasteiger partial charge on any atom is 0.178 e. The Bertz CT molecular complexity index is 691. The fourth-order valence-electron chi connectivity index (χ4n) is 1.97. The first kappa shape index (κ1) is 18.7. The molecule has 0 aromatic heterocycles. The fraction of sp³-hybridized carbons (Fsp3) is 0.214. The van der Waals surface area contributed by atoms with E-state index in [2.05, 4.69) is 0 Å². The first-order valence-electron chi connectivity index (χ1n) is 6.24. The lowest BCUT2D eigenvalue weighted by Gasteiger charge is -2.39. The second-order valence-corrected chi connectivity index (χ2v) is 6.88. The molecule has 2 unspecified atom stereocenters. The summed E-state index contributed by atoms with van der Waals surface area (Å²) in [7, 11) is 0. The van der Waals surface area contributed by atoms with Crippen LogP contribution in [0.15, 0.2) is 51.9 Å². The standard InChI is InChI=1S/C14H10Cl5NO3/c15-9-10(22)11(23)13(17)14(18,12(9)16)20(19)6-8(21)7-4-2-1-3-5-7/h1-5,13,22-23H,6H2. The molecule has 1 aromatic rings. The molecule has 1 aliphatic carbocycles. The Morgan fingerprint density at radius 3 is 2.35 bits per heavy atom. The summed E-state index contributed by atoms with van der Waals surface area (Å²) in [4.78, 5) is 10.3. The maximum absolute atomic E-state index is 12.2. The number of nitrogens with zero attached hydrogens (tertiary/aromatic N) is 1. The number of halogens is 5.